The lowest BCUT2D eigenvalue weighted by Gasteiger charge is -2.26. The molecule has 1 aliphatic rings. The van der Waals surface area contributed by atoms with Crippen LogP contribution in [0.2, 0.25) is 0 Å². The van der Waals surface area contributed by atoms with E-state index in [1.165, 1.54) is 40.7 Å². The molecule has 1 heterocycles. The summed E-state index contributed by atoms with van der Waals surface area (Å²) in [4.78, 5) is 12.2. The van der Waals surface area contributed by atoms with E-state index in [4.69, 9.17) is 4.74 Å². The number of sulfonamides is 1. The molecule has 0 radical (unpaired) electrons. The number of nitrogens with zero attached hydrogens (tertiary/aromatic N) is 2. The molecule has 0 unspecified atom stereocenters. The van der Waals surface area contributed by atoms with Gasteiger partial charge in [0.25, 0.3) is 5.91 Å². The third kappa shape index (κ3) is 5.23. The number of morpholine rings is 1. The normalized spacial score (nSPS) is 16.0. The summed E-state index contributed by atoms with van der Waals surface area (Å²) in [7, 11) is -3.77. The van der Waals surface area contributed by atoms with Crippen LogP contribution in [-0.2, 0) is 20.9 Å². The van der Waals surface area contributed by atoms with Crippen molar-refractivity contribution in [2.24, 2.45) is 5.10 Å². The Kier molecular flexibility index (Phi) is 6.54. The first-order valence-electron chi connectivity index (χ1n) is 8.86. The minimum atomic E-state index is -4.49. The van der Waals surface area contributed by atoms with Crippen molar-refractivity contribution in [1.29, 1.82) is 0 Å². The number of carbonyl (C=O) groups is 1. The third-order valence-corrected chi connectivity index (χ3v) is 6.19. The van der Waals surface area contributed by atoms with E-state index in [2.05, 4.69) is 10.5 Å². The summed E-state index contributed by atoms with van der Waals surface area (Å²) in [6.07, 6.45) is -3.42. The lowest BCUT2D eigenvalue weighted by molar-refractivity contribution is -0.137. The van der Waals surface area contributed by atoms with Gasteiger partial charge in [-0.25, -0.2) is 13.8 Å². The highest BCUT2D eigenvalue weighted by Crippen LogP contribution is 2.29. The van der Waals surface area contributed by atoms with Gasteiger partial charge < -0.3 is 4.74 Å². The molecule has 2 aromatic carbocycles. The number of hydrazone groups is 1. The summed E-state index contributed by atoms with van der Waals surface area (Å²) in [6, 6.07) is 9.90. The summed E-state index contributed by atoms with van der Waals surface area (Å²) in [5.74, 6) is -0.697. The Bertz CT molecular complexity index is 1050. The zero-order chi connectivity index (χ0) is 21.8. The second-order valence-electron chi connectivity index (χ2n) is 6.37. The van der Waals surface area contributed by atoms with Gasteiger partial charge in [-0.2, -0.15) is 22.6 Å². The molecule has 1 amide bonds. The number of rotatable bonds is 5. The number of halogens is 3. The number of benzene rings is 2. The highest BCUT2D eigenvalue weighted by molar-refractivity contribution is 7.89. The van der Waals surface area contributed by atoms with Crippen LogP contribution in [0.25, 0.3) is 0 Å². The summed E-state index contributed by atoms with van der Waals surface area (Å²) in [5, 5.41) is 3.65. The van der Waals surface area contributed by atoms with Gasteiger partial charge in [0.2, 0.25) is 10.0 Å². The number of hydrogen-bond acceptors (Lipinski definition) is 5. The molecule has 0 saturated carbocycles. The van der Waals surface area contributed by atoms with Gasteiger partial charge in [-0.15, -0.1) is 0 Å². The van der Waals surface area contributed by atoms with Crippen molar-refractivity contribution < 1.29 is 31.1 Å². The average Bonchev–Trinajstić information content (AvgIpc) is 2.74. The molecule has 30 heavy (non-hydrogen) atoms. The number of ether oxygens (including phenoxy) is 1. The van der Waals surface area contributed by atoms with E-state index in [-0.39, 0.29) is 29.1 Å². The van der Waals surface area contributed by atoms with E-state index in [1.54, 1.807) is 0 Å². The first-order valence-corrected chi connectivity index (χ1v) is 10.3. The maximum atomic E-state index is 12.7. The monoisotopic (exact) mass is 441 g/mol. The number of alkyl halides is 3. The van der Waals surface area contributed by atoms with Gasteiger partial charge in [0, 0.05) is 18.7 Å². The van der Waals surface area contributed by atoms with Crippen LogP contribution in [0.1, 0.15) is 21.5 Å². The van der Waals surface area contributed by atoms with E-state index < -0.39 is 27.7 Å². The molecule has 1 aliphatic heterocycles. The fourth-order valence-electron chi connectivity index (χ4n) is 2.76. The van der Waals surface area contributed by atoms with Gasteiger partial charge >= 0.3 is 6.18 Å². The molecule has 0 atom stereocenters. The number of amides is 1. The third-order valence-electron chi connectivity index (χ3n) is 4.30. The summed E-state index contributed by atoms with van der Waals surface area (Å²) in [5.41, 5.74) is 1.54. The summed E-state index contributed by atoms with van der Waals surface area (Å²) >= 11 is 0. The standard InChI is InChI=1S/C19H18F3N3O4S/c20-19(21,22)16-5-1-3-14(11-16)13-23-24-18(26)15-4-2-6-17(12-15)30(27,28)25-7-9-29-10-8-25/h1-6,11-13H,7-10H2,(H,24,26)/b23-13-. The number of nitrogens with one attached hydrogen (secondary N) is 1. The van der Waals surface area contributed by atoms with E-state index >= 15 is 0 Å². The average molecular weight is 441 g/mol. The van der Waals surface area contributed by atoms with Crippen LogP contribution >= 0.6 is 0 Å². The molecule has 1 saturated heterocycles. The Labute approximate surface area is 171 Å². The lowest BCUT2D eigenvalue weighted by atomic mass is 10.1. The molecule has 1 fully saturated rings. The molecule has 11 heteroatoms. The van der Waals surface area contributed by atoms with Crippen LogP contribution in [0.5, 0.6) is 0 Å². The second-order valence-corrected chi connectivity index (χ2v) is 8.30. The minimum absolute atomic E-state index is 0.0427. The number of hydrogen-bond donors (Lipinski definition) is 1. The Morgan fingerprint density at radius 1 is 1.10 bits per heavy atom. The van der Waals surface area contributed by atoms with Crippen LogP contribution in [0.3, 0.4) is 0 Å². The van der Waals surface area contributed by atoms with Crippen molar-refractivity contribution in [1.82, 2.24) is 9.73 Å². The Hall–Kier alpha value is -2.76. The van der Waals surface area contributed by atoms with E-state index in [1.807, 2.05) is 0 Å². The zero-order valence-electron chi connectivity index (χ0n) is 15.6. The number of carbonyl (C=O) groups excluding carboxylic acids is 1. The quantitative estimate of drug-likeness (QED) is 0.571. The zero-order valence-corrected chi connectivity index (χ0v) is 16.4. The largest absolute Gasteiger partial charge is 0.416 e. The fraction of sp³-hybridized carbons (Fsp3) is 0.263. The Morgan fingerprint density at radius 3 is 2.50 bits per heavy atom. The molecule has 0 spiro atoms. The van der Waals surface area contributed by atoms with Gasteiger partial charge in [-0.3, -0.25) is 4.79 Å². The summed E-state index contributed by atoms with van der Waals surface area (Å²) in [6.45, 7) is 1.04. The molecule has 7 nitrogen and oxygen atoms in total. The van der Waals surface area contributed by atoms with E-state index in [0.29, 0.717) is 13.2 Å². The lowest BCUT2D eigenvalue weighted by Crippen LogP contribution is -2.40. The van der Waals surface area contributed by atoms with Gasteiger partial charge in [0.15, 0.2) is 0 Å². The SMILES string of the molecule is O=C(N/N=C\c1cccc(C(F)(F)F)c1)c1cccc(S(=O)(=O)N2CCOCC2)c1. The van der Waals surface area contributed by atoms with Crippen molar-refractivity contribution in [2.75, 3.05) is 26.3 Å². The van der Waals surface area contributed by atoms with Gasteiger partial charge in [0.05, 0.1) is 29.9 Å². The fourth-order valence-corrected chi connectivity index (χ4v) is 4.21. The Morgan fingerprint density at radius 2 is 1.80 bits per heavy atom. The van der Waals surface area contributed by atoms with Crippen molar-refractivity contribution in [3.8, 4) is 0 Å². The highest BCUT2D eigenvalue weighted by atomic mass is 32.2. The molecular weight excluding hydrogens is 423 g/mol. The van der Waals surface area contributed by atoms with Crippen molar-refractivity contribution in [2.45, 2.75) is 11.1 Å². The van der Waals surface area contributed by atoms with E-state index in [0.717, 1.165) is 18.3 Å². The van der Waals surface area contributed by atoms with Gasteiger partial charge in [-0.1, -0.05) is 18.2 Å². The molecule has 0 aromatic heterocycles. The van der Waals surface area contributed by atoms with Crippen molar-refractivity contribution >= 4 is 22.1 Å². The molecule has 2 aromatic rings. The molecule has 1 N–H and O–H groups in total. The molecule has 160 valence electrons. The van der Waals surface area contributed by atoms with E-state index in [9.17, 15) is 26.4 Å². The van der Waals surface area contributed by atoms with Crippen LogP contribution in [0.4, 0.5) is 13.2 Å². The van der Waals surface area contributed by atoms with Crippen LogP contribution in [0.15, 0.2) is 58.5 Å². The smallest absolute Gasteiger partial charge is 0.379 e. The summed E-state index contributed by atoms with van der Waals surface area (Å²) < 4.78 is 70.0. The van der Waals surface area contributed by atoms with Crippen LogP contribution < -0.4 is 5.43 Å². The first-order chi connectivity index (χ1) is 14.2. The Balaban J connectivity index is 1.71. The van der Waals surface area contributed by atoms with Gasteiger partial charge in [-0.05, 0) is 35.9 Å². The molecule has 0 aliphatic carbocycles. The van der Waals surface area contributed by atoms with Crippen LogP contribution in [0, 0.1) is 0 Å². The second kappa shape index (κ2) is 8.94. The maximum Gasteiger partial charge on any atom is 0.416 e. The van der Waals surface area contributed by atoms with Crippen molar-refractivity contribution in [3.63, 3.8) is 0 Å². The predicted molar refractivity (Wildman–Crippen MR) is 103 cm³/mol. The van der Waals surface area contributed by atoms with Gasteiger partial charge in [0.1, 0.15) is 0 Å². The highest BCUT2D eigenvalue weighted by Gasteiger charge is 2.30. The first kappa shape index (κ1) is 21.9. The van der Waals surface area contributed by atoms with Crippen LogP contribution in [-0.4, -0.2) is 51.1 Å². The topological polar surface area (TPSA) is 88.1 Å². The molecule has 3 rings (SSSR count). The molecular formula is C19H18F3N3O4S. The molecule has 0 bridgehead atoms. The maximum absolute atomic E-state index is 12.7. The predicted octanol–water partition coefficient (Wildman–Crippen LogP) is 2.49. The minimum Gasteiger partial charge on any atom is -0.379 e. The van der Waals surface area contributed by atoms with Crippen molar-refractivity contribution in [3.05, 3.63) is 65.2 Å².